The molecule has 1 rings (SSSR count). The van der Waals surface area contributed by atoms with Crippen LogP contribution in [0.2, 0.25) is 0 Å². The summed E-state index contributed by atoms with van der Waals surface area (Å²) in [6.45, 7) is 7.52. The summed E-state index contributed by atoms with van der Waals surface area (Å²) in [7, 11) is 0. The van der Waals surface area contributed by atoms with Crippen LogP contribution in [-0.4, -0.2) is 23.9 Å². The molecule has 0 saturated carbocycles. The lowest BCUT2D eigenvalue weighted by Gasteiger charge is -2.26. The molecule has 0 aliphatic carbocycles. The van der Waals surface area contributed by atoms with Gasteiger partial charge in [0.25, 0.3) is 0 Å². The Hall–Kier alpha value is -1.06. The van der Waals surface area contributed by atoms with Crippen molar-refractivity contribution in [1.29, 1.82) is 0 Å². The Morgan fingerprint density at radius 1 is 1.04 bits per heavy atom. The van der Waals surface area contributed by atoms with Crippen molar-refractivity contribution in [2.45, 2.75) is 84.1 Å². The molecule has 3 nitrogen and oxygen atoms in total. The number of hydrogen-bond acceptors (Lipinski definition) is 3. The SMILES string of the molecule is CCCCCC(C)CCOc1ccc(CCC(N)(CO)CCC)cc1. The van der Waals surface area contributed by atoms with E-state index in [9.17, 15) is 5.11 Å². The standard InChI is InChI=1S/C22H39NO2/c1-4-6-7-8-19(3)14-17-25-21-11-9-20(10-12-21)13-16-22(23,18-24)15-5-2/h9-12,19,24H,4-8,13-18,23H2,1-3H3. The first-order valence-corrected chi connectivity index (χ1v) is 10.1. The van der Waals surface area contributed by atoms with Gasteiger partial charge in [-0.1, -0.05) is 65.0 Å². The highest BCUT2D eigenvalue weighted by atomic mass is 16.5. The number of ether oxygens (including phenoxy) is 1. The summed E-state index contributed by atoms with van der Waals surface area (Å²) in [5.74, 6) is 1.68. The van der Waals surface area contributed by atoms with Crippen LogP contribution in [-0.2, 0) is 6.42 Å². The zero-order valence-corrected chi connectivity index (χ0v) is 16.6. The normalized spacial score (nSPS) is 14.9. The Kier molecular flexibility index (Phi) is 10.8. The van der Waals surface area contributed by atoms with Crippen LogP contribution in [0.4, 0.5) is 0 Å². The monoisotopic (exact) mass is 349 g/mol. The molecule has 3 N–H and O–H groups in total. The largest absolute Gasteiger partial charge is 0.494 e. The molecule has 144 valence electrons. The fourth-order valence-electron chi connectivity index (χ4n) is 3.19. The highest BCUT2D eigenvalue weighted by Gasteiger charge is 2.22. The van der Waals surface area contributed by atoms with E-state index >= 15 is 0 Å². The molecule has 0 aliphatic rings. The van der Waals surface area contributed by atoms with Crippen LogP contribution >= 0.6 is 0 Å². The molecule has 2 unspecified atom stereocenters. The van der Waals surface area contributed by atoms with Gasteiger partial charge in [0.1, 0.15) is 5.75 Å². The first-order valence-electron chi connectivity index (χ1n) is 10.1. The molecule has 0 bridgehead atoms. The van der Waals surface area contributed by atoms with Crippen molar-refractivity contribution in [1.82, 2.24) is 0 Å². The minimum absolute atomic E-state index is 0.0540. The molecule has 0 aromatic heterocycles. The molecule has 3 heteroatoms. The van der Waals surface area contributed by atoms with Crippen molar-refractivity contribution in [2.75, 3.05) is 13.2 Å². The van der Waals surface area contributed by atoms with E-state index in [0.29, 0.717) is 0 Å². The first kappa shape index (κ1) is 22.0. The molecule has 0 fully saturated rings. The third-order valence-corrected chi connectivity index (χ3v) is 5.08. The van der Waals surface area contributed by atoms with Crippen molar-refractivity contribution >= 4 is 0 Å². The summed E-state index contributed by atoms with van der Waals surface area (Å²) in [6.07, 6.45) is 9.96. The molecule has 0 heterocycles. The van der Waals surface area contributed by atoms with Crippen molar-refractivity contribution in [3.63, 3.8) is 0 Å². The average molecular weight is 350 g/mol. The van der Waals surface area contributed by atoms with E-state index in [1.165, 1.54) is 31.2 Å². The number of aryl methyl sites for hydroxylation is 1. The lowest BCUT2D eigenvalue weighted by Crippen LogP contribution is -2.43. The molecule has 0 spiro atoms. The number of nitrogens with two attached hydrogens (primary N) is 1. The van der Waals surface area contributed by atoms with Crippen LogP contribution in [0.1, 0.15) is 77.7 Å². The highest BCUT2D eigenvalue weighted by molar-refractivity contribution is 5.27. The Labute approximate surface area is 155 Å². The summed E-state index contributed by atoms with van der Waals surface area (Å²) >= 11 is 0. The van der Waals surface area contributed by atoms with Gasteiger partial charge < -0.3 is 15.6 Å². The molecule has 0 amide bonds. The number of unbranched alkanes of at least 4 members (excludes halogenated alkanes) is 2. The van der Waals surface area contributed by atoms with Crippen LogP contribution in [0.5, 0.6) is 5.75 Å². The molecular weight excluding hydrogens is 310 g/mol. The highest BCUT2D eigenvalue weighted by Crippen LogP contribution is 2.20. The average Bonchev–Trinajstić information content (AvgIpc) is 2.61. The van der Waals surface area contributed by atoms with Gasteiger partial charge in [0.15, 0.2) is 0 Å². The number of benzene rings is 1. The van der Waals surface area contributed by atoms with Gasteiger partial charge >= 0.3 is 0 Å². The second-order valence-corrected chi connectivity index (χ2v) is 7.65. The third-order valence-electron chi connectivity index (χ3n) is 5.08. The van der Waals surface area contributed by atoms with E-state index in [0.717, 1.165) is 50.4 Å². The molecule has 0 saturated heterocycles. The van der Waals surface area contributed by atoms with Gasteiger partial charge in [-0.2, -0.15) is 0 Å². The van der Waals surface area contributed by atoms with Gasteiger partial charge in [0.2, 0.25) is 0 Å². The van der Waals surface area contributed by atoms with Crippen molar-refractivity contribution < 1.29 is 9.84 Å². The molecule has 1 aromatic carbocycles. The Balaban J connectivity index is 2.31. The first-order chi connectivity index (χ1) is 12.0. The predicted octanol–water partition coefficient (Wildman–Crippen LogP) is 5.09. The van der Waals surface area contributed by atoms with Crippen LogP contribution in [0.3, 0.4) is 0 Å². The van der Waals surface area contributed by atoms with Crippen molar-refractivity contribution in [3.8, 4) is 5.75 Å². The number of rotatable bonds is 14. The molecule has 2 atom stereocenters. The van der Waals surface area contributed by atoms with Crippen LogP contribution in [0, 0.1) is 5.92 Å². The minimum Gasteiger partial charge on any atom is -0.494 e. The summed E-state index contributed by atoms with van der Waals surface area (Å²) < 4.78 is 5.88. The number of hydrogen-bond donors (Lipinski definition) is 2. The van der Waals surface area contributed by atoms with E-state index in [-0.39, 0.29) is 6.61 Å². The second-order valence-electron chi connectivity index (χ2n) is 7.65. The van der Waals surface area contributed by atoms with Crippen molar-refractivity contribution in [3.05, 3.63) is 29.8 Å². The molecule has 0 aliphatic heterocycles. The lowest BCUT2D eigenvalue weighted by atomic mass is 9.89. The quantitative estimate of drug-likeness (QED) is 0.460. The van der Waals surface area contributed by atoms with E-state index in [1.807, 2.05) is 12.1 Å². The van der Waals surface area contributed by atoms with Gasteiger partial charge in [0, 0.05) is 5.54 Å². The zero-order chi connectivity index (χ0) is 18.5. The topological polar surface area (TPSA) is 55.5 Å². The third kappa shape index (κ3) is 9.27. The fraction of sp³-hybridized carbons (Fsp3) is 0.727. The van der Waals surface area contributed by atoms with Gasteiger partial charge in [-0.15, -0.1) is 0 Å². The van der Waals surface area contributed by atoms with Gasteiger partial charge in [-0.05, 0) is 49.3 Å². The Morgan fingerprint density at radius 3 is 2.36 bits per heavy atom. The number of aliphatic hydroxyl groups excluding tert-OH is 1. The smallest absolute Gasteiger partial charge is 0.119 e. The summed E-state index contributed by atoms with van der Waals surface area (Å²) in [5.41, 5.74) is 7.05. The zero-order valence-electron chi connectivity index (χ0n) is 16.6. The summed E-state index contributed by atoms with van der Waals surface area (Å²) in [5, 5.41) is 9.50. The maximum atomic E-state index is 9.50. The van der Waals surface area contributed by atoms with E-state index in [1.54, 1.807) is 0 Å². The minimum atomic E-state index is -0.447. The molecular formula is C22H39NO2. The lowest BCUT2D eigenvalue weighted by molar-refractivity contribution is 0.177. The molecule has 1 aromatic rings. The van der Waals surface area contributed by atoms with Crippen molar-refractivity contribution in [2.24, 2.45) is 11.7 Å². The summed E-state index contributed by atoms with van der Waals surface area (Å²) in [6, 6.07) is 8.33. The van der Waals surface area contributed by atoms with Crippen LogP contribution in [0.25, 0.3) is 0 Å². The Morgan fingerprint density at radius 2 is 1.76 bits per heavy atom. The molecule has 0 radical (unpaired) electrons. The van der Waals surface area contributed by atoms with E-state index < -0.39 is 5.54 Å². The maximum absolute atomic E-state index is 9.50. The Bertz CT molecular complexity index is 446. The van der Waals surface area contributed by atoms with Crippen LogP contribution < -0.4 is 10.5 Å². The number of aliphatic hydroxyl groups is 1. The maximum Gasteiger partial charge on any atom is 0.119 e. The van der Waals surface area contributed by atoms with Gasteiger partial charge in [-0.25, -0.2) is 0 Å². The predicted molar refractivity (Wildman–Crippen MR) is 107 cm³/mol. The molecule has 25 heavy (non-hydrogen) atoms. The van der Waals surface area contributed by atoms with Gasteiger partial charge in [-0.3, -0.25) is 0 Å². The fourth-order valence-corrected chi connectivity index (χ4v) is 3.19. The van der Waals surface area contributed by atoms with E-state index in [2.05, 4.69) is 32.9 Å². The summed E-state index contributed by atoms with van der Waals surface area (Å²) in [4.78, 5) is 0. The van der Waals surface area contributed by atoms with Crippen LogP contribution in [0.15, 0.2) is 24.3 Å². The van der Waals surface area contributed by atoms with E-state index in [4.69, 9.17) is 10.5 Å². The van der Waals surface area contributed by atoms with Gasteiger partial charge in [0.05, 0.1) is 13.2 Å². The second kappa shape index (κ2) is 12.3.